The van der Waals surface area contributed by atoms with Gasteiger partial charge in [0.2, 0.25) is 6.79 Å². The van der Waals surface area contributed by atoms with Gasteiger partial charge in [-0.1, -0.05) is 26.8 Å². The number of carbonyl (C=O) groups is 3. The van der Waals surface area contributed by atoms with E-state index < -0.39 is 58.0 Å². The molecule has 2 aromatic carbocycles. The molecule has 0 radical (unpaired) electrons. The number of hydrogen-bond donors (Lipinski definition) is 4. The van der Waals surface area contributed by atoms with Crippen molar-refractivity contribution < 1.29 is 39.2 Å². The van der Waals surface area contributed by atoms with Crippen LogP contribution in [0, 0.1) is 17.8 Å². The molecule has 4 atom stereocenters. The van der Waals surface area contributed by atoms with E-state index in [1.165, 1.54) is 0 Å². The van der Waals surface area contributed by atoms with Crippen LogP contribution in [0.1, 0.15) is 43.9 Å². The number of nitrogens with zero attached hydrogens (tertiary/aromatic N) is 1. The van der Waals surface area contributed by atoms with Gasteiger partial charge in [-0.3, -0.25) is 19.3 Å². The third-order valence-corrected chi connectivity index (χ3v) is 9.06. The van der Waals surface area contributed by atoms with E-state index in [1.807, 2.05) is 45.0 Å². The van der Waals surface area contributed by atoms with Crippen molar-refractivity contribution in [1.82, 2.24) is 4.90 Å². The molecule has 1 fully saturated rings. The number of nitrogens with two attached hydrogens (primary N) is 1. The lowest BCUT2D eigenvalue weighted by Crippen LogP contribution is -2.55. The molecule has 0 aromatic heterocycles. The number of carbonyl (C=O) groups excluding carboxylic acids is 3. The number of benzene rings is 2. The summed E-state index contributed by atoms with van der Waals surface area (Å²) in [6.07, 6.45) is 0.579. The Bertz CT molecular complexity index is 1640. The number of ketones is 2. The average molecular weight is 575 g/mol. The van der Waals surface area contributed by atoms with Crippen LogP contribution in [0.15, 0.2) is 41.2 Å². The number of allylic oxidation sites excluding steroid dienone is 1. The summed E-state index contributed by atoms with van der Waals surface area (Å²) >= 11 is 0. The predicted octanol–water partition coefficient (Wildman–Crippen LogP) is 3.54. The maximum atomic E-state index is 14.1. The normalized spacial score (nSPS) is 25.0. The highest BCUT2D eigenvalue weighted by atomic mass is 16.7. The van der Waals surface area contributed by atoms with Crippen LogP contribution in [0.3, 0.4) is 0 Å². The summed E-state index contributed by atoms with van der Waals surface area (Å²) in [5.41, 5.74) is 7.38. The van der Waals surface area contributed by atoms with Gasteiger partial charge in [-0.15, -0.1) is 0 Å². The average Bonchev–Trinajstić information content (AvgIpc) is 3.35. The van der Waals surface area contributed by atoms with E-state index in [4.69, 9.17) is 15.2 Å². The number of hydrogen-bond acceptors (Lipinski definition) is 9. The number of aromatic hydroxyl groups is 1. The number of likely N-dealkylation sites (N-methyl/N-ethyl adjacent to an activating group) is 1. The zero-order valence-electron chi connectivity index (χ0n) is 24.1. The molecule has 1 saturated carbocycles. The summed E-state index contributed by atoms with van der Waals surface area (Å²) in [7, 11) is 3.39. The summed E-state index contributed by atoms with van der Waals surface area (Å²) < 4.78 is 11.1. The summed E-state index contributed by atoms with van der Waals surface area (Å²) in [6, 6.07) is 6.68. The molecule has 1 aliphatic heterocycles. The Morgan fingerprint density at radius 3 is 2.36 bits per heavy atom. The molecular formula is C32H34N2O8. The van der Waals surface area contributed by atoms with E-state index in [-0.39, 0.29) is 35.9 Å². The molecule has 1 unspecified atom stereocenters. The van der Waals surface area contributed by atoms with E-state index >= 15 is 0 Å². The van der Waals surface area contributed by atoms with E-state index in [1.54, 1.807) is 19.0 Å². The number of amides is 1. The van der Waals surface area contributed by atoms with Gasteiger partial charge in [0.1, 0.15) is 22.8 Å². The number of aliphatic hydroxyl groups is 2. The van der Waals surface area contributed by atoms with Gasteiger partial charge in [0.15, 0.2) is 23.1 Å². The first-order chi connectivity index (χ1) is 19.7. The first-order valence-corrected chi connectivity index (χ1v) is 13.9. The third kappa shape index (κ3) is 3.92. The number of primary amides is 1. The van der Waals surface area contributed by atoms with E-state index in [2.05, 4.69) is 0 Å². The van der Waals surface area contributed by atoms with Gasteiger partial charge in [-0.05, 0) is 79.1 Å². The van der Waals surface area contributed by atoms with Crippen LogP contribution in [0.4, 0.5) is 0 Å². The van der Waals surface area contributed by atoms with Crippen molar-refractivity contribution in [3.05, 3.63) is 57.9 Å². The van der Waals surface area contributed by atoms with Crippen LogP contribution in [0.5, 0.6) is 17.2 Å². The summed E-state index contributed by atoms with van der Waals surface area (Å²) in [4.78, 5) is 41.4. The van der Waals surface area contributed by atoms with Gasteiger partial charge in [0, 0.05) is 11.1 Å². The SMILES string of the molecule is CN(C)[C@@H]1C(O)=C(C(N)=O)C(=O)C2C(=O)C3=C(O)c4c(O)c(C(C)(C)C)cc(-c5ccc6c(c5)OCO6)c4C[C@H]3C[C@H]21. The predicted molar refractivity (Wildman–Crippen MR) is 153 cm³/mol. The number of ether oxygens (including phenoxy) is 2. The van der Waals surface area contributed by atoms with Crippen LogP contribution in [0.2, 0.25) is 0 Å². The van der Waals surface area contributed by atoms with E-state index in [0.29, 0.717) is 29.0 Å². The first-order valence-electron chi connectivity index (χ1n) is 13.9. The monoisotopic (exact) mass is 574 g/mol. The Labute approximate surface area is 243 Å². The fraction of sp³-hybridized carbons (Fsp3) is 0.406. The highest BCUT2D eigenvalue weighted by molar-refractivity contribution is 6.28. The van der Waals surface area contributed by atoms with Gasteiger partial charge < -0.3 is 30.5 Å². The van der Waals surface area contributed by atoms with Crippen molar-refractivity contribution in [1.29, 1.82) is 0 Å². The second kappa shape index (κ2) is 9.35. The maximum absolute atomic E-state index is 14.1. The molecule has 0 spiro atoms. The van der Waals surface area contributed by atoms with Gasteiger partial charge >= 0.3 is 0 Å². The van der Waals surface area contributed by atoms with E-state index in [0.717, 1.165) is 11.1 Å². The Morgan fingerprint density at radius 1 is 1.02 bits per heavy atom. The van der Waals surface area contributed by atoms with Crippen molar-refractivity contribution in [3.63, 3.8) is 0 Å². The molecule has 1 heterocycles. The molecule has 42 heavy (non-hydrogen) atoms. The Balaban J connectivity index is 1.57. The summed E-state index contributed by atoms with van der Waals surface area (Å²) in [6.45, 7) is 5.94. The van der Waals surface area contributed by atoms with Crippen molar-refractivity contribution in [2.75, 3.05) is 20.9 Å². The van der Waals surface area contributed by atoms with Crippen LogP contribution in [-0.4, -0.2) is 64.6 Å². The molecular weight excluding hydrogens is 540 g/mol. The van der Waals surface area contributed by atoms with Crippen LogP contribution in [0.25, 0.3) is 16.9 Å². The summed E-state index contributed by atoms with van der Waals surface area (Å²) in [5, 5.41) is 34.3. The van der Waals surface area contributed by atoms with E-state index in [9.17, 15) is 29.7 Å². The highest BCUT2D eigenvalue weighted by Crippen LogP contribution is 2.53. The van der Waals surface area contributed by atoms with Gasteiger partial charge in [0.05, 0.1) is 17.5 Å². The number of fused-ring (bicyclic) bond motifs is 4. The van der Waals surface area contributed by atoms with Crippen molar-refractivity contribution in [3.8, 4) is 28.4 Å². The fourth-order valence-corrected chi connectivity index (χ4v) is 7.23. The van der Waals surface area contributed by atoms with Crippen molar-refractivity contribution >= 4 is 23.2 Å². The topological polar surface area (TPSA) is 160 Å². The highest BCUT2D eigenvalue weighted by Gasteiger charge is 2.56. The number of phenolic OH excluding ortho intramolecular Hbond substituents is 1. The smallest absolute Gasteiger partial charge is 0.255 e. The van der Waals surface area contributed by atoms with Crippen LogP contribution < -0.4 is 15.2 Å². The third-order valence-electron chi connectivity index (χ3n) is 9.06. The van der Waals surface area contributed by atoms with Gasteiger partial charge in [-0.25, -0.2) is 0 Å². The molecule has 0 bridgehead atoms. The second-order valence-corrected chi connectivity index (χ2v) is 12.8. The Hall–Kier alpha value is -4.31. The van der Waals surface area contributed by atoms with Crippen LogP contribution in [-0.2, 0) is 26.2 Å². The maximum Gasteiger partial charge on any atom is 0.255 e. The molecule has 10 nitrogen and oxygen atoms in total. The minimum Gasteiger partial charge on any atom is -0.510 e. The van der Waals surface area contributed by atoms with Gasteiger partial charge in [0.25, 0.3) is 5.91 Å². The Morgan fingerprint density at radius 2 is 1.71 bits per heavy atom. The summed E-state index contributed by atoms with van der Waals surface area (Å²) in [5.74, 6) is -4.75. The lowest BCUT2D eigenvalue weighted by molar-refractivity contribution is -0.136. The minimum atomic E-state index is -1.30. The van der Waals surface area contributed by atoms with Gasteiger partial charge in [-0.2, -0.15) is 0 Å². The number of aliphatic hydroxyl groups excluding tert-OH is 2. The lowest BCUT2D eigenvalue weighted by Gasteiger charge is -2.46. The molecule has 6 rings (SSSR count). The van der Waals surface area contributed by atoms with Crippen molar-refractivity contribution in [2.45, 2.75) is 45.1 Å². The molecule has 10 heteroatoms. The largest absolute Gasteiger partial charge is 0.510 e. The Kier molecular flexibility index (Phi) is 6.20. The number of rotatable bonds is 3. The molecule has 3 aliphatic carbocycles. The zero-order valence-corrected chi connectivity index (χ0v) is 24.1. The zero-order chi connectivity index (χ0) is 30.4. The lowest BCUT2D eigenvalue weighted by atomic mass is 9.59. The molecule has 220 valence electrons. The first kappa shape index (κ1) is 27.8. The minimum absolute atomic E-state index is 0.0535. The number of phenols is 1. The number of Topliss-reactive ketones (excluding diaryl/α,β-unsaturated/α-hetero) is 2. The molecule has 5 N–H and O–H groups in total. The molecule has 4 aliphatic rings. The molecule has 1 amide bonds. The standard InChI is InChI=1S/C32H34N2O8/c1-32(2,3)18-11-15(13-6-7-19-20(10-13)42-12-41-19)16-8-14-9-17-23(28(37)21(14)27(36)22(16)26(18)35)29(38)24(31(33)40)30(39)25(17)34(4)5/h6-7,10-11,14,17,23,25,35-36,39H,8-9,12H2,1-5H3,(H2,33,40)/t14-,17+,23?,25-/m0/s1. The second-order valence-electron chi connectivity index (χ2n) is 12.8. The quantitative estimate of drug-likeness (QED) is 0.318. The molecule has 0 saturated heterocycles. The fourth-order valence-electron chi connectivity index (χ4n) is 7.23. The van der Waals surface area contributed by atoms with Crippen molar-refractivity contribution in [2.24, 2.45) is 23.5 Å². The molecule has 2 aromatic rings. The van der Waals surface area contributed by atoms with Crippen LogP contribution >= 0.6 is 0 Å².